The first kappa shape index (κ1) is 29.9. The molecule has 0 radical (unpaired) electrons. The number of rotatable bonds is 1. The summed E-state index contributed by atoms with van der Waals surface area (Å²) in [6, 6.07) is 18.5. The first-order valence-electron chi connectivity index (χ1n) is 13.7. The summed E-state index contributed by atoms with van der Waals surface area (Å²) >= 11 is 0. The molecule has 0 fully saturated rings. The highest BCUT2D eigenvalue weighted by molar-refractivity contribution is 6.05. The number of nitrogens with zero attached hydrogens (tertiary/aromatic N) is 1. The molecule has 1 aromatic heterocycles. The lowest BCUT2D eigenvalue weighted by Gasteiger charge is -2.19. The zero-order valence-electron chi connectivity index (χ0n) is 23.5. The molecule has 2 N–H and O–H groups in total. The molecule has 2 atom stereocenters. The summed E-state index contributed by atoms with van der Waals surface area (Å²) in [5, 5.41) is 5.40. The lowest BCUT2D eigenvalue weighted by atomic mass is 9.95. The number of carbonyl (C=O) groups excluding carboxylic acids is 4. The molecule has 1 aliphatic heterocycles. The standard InChI is InChI=1S/C33H33N3O6/c1-22-11-7-9-18-35-31(38)26-14-5-3-12-24(26)25-13-4-6-15-27(25)33(40)42-30(28-16-8-10-17-34-28)32(39)36-20-29(37)41-21-23(2)19-22/h3-10,12-17,19,22,30H,11,18,20-21H2,1-2H3,(H,35,38)(H,36,39)/b9-7+,23-19+. The van der Waals surface area contributed by atoms with Crippen LogP contribution in [0.5, 0.6) is 0 Å². The van der Waals surface area contributed by atoms with Gasteiger partial charge < -0.3 is 20.1 Å². The van der Waals surface area contributed by atoms with Gasteiger partial charge in [-0.2, -0.15) is 0 Å². The molecule has 0 bridgehead atoms. The summed E-state index contributed by atoms with van der Waals surface area (Å²) in [6.45, 7) is 3.89. The predicted octanol–water partition coefficient (Wildman–Crippen LogP) is 4.58. The van der Waals surface area contributed by atoms with Gasteiger partial charge in [-0.05, 0) is 60.2 Å². The van der Waals surface area contributed by atoms with Gasteiger partial charge in [0, 0.05) is 18.3 Å². The highest BCUT2D eigenvalue weighted by atomic mass is 16.6. The van der Waals surface area contributed by atoms with Crippen molar-refractivity contribution in [2.75, 3.05) is 19.7 Å². The van der Waals surface area contributed by atoms with E-state index in [1.54, 1.807) is 66.7 Å². The number of pyridine rings is 1. The van der Waals surface area contributed by atoms with E-state index in [0.29, 0.717) is 23.2 Å². The van der Waals surface area contributed by atoms with E-state index in [1.165, 1.54) is 6.20 Å². The summed E-state index contributed by atoms with van der Waals surface area (Å²) in [6.07, 6.45) is 6.64. The Hall–Kier alpha value is -5.05. The largest absolute Gasteiger partial charge is 0.460 e. The fourth-order valence-corrected chi connectivity index (χ4v) is 4.50. The van der Waals surface area contributed by atoms with Crippen molar-refractivity contribution in [3.05, 3.63) is 114 Å². The van der Waals surface area contributed by atoms with Crippen molar-refractivity contribution in [2.45, 2.75) is 26.4 Å². The fraction of sp³-hybridized carbons (Fsp3) is 0.242. The van der Waals surface area contributed by atoms with Crippen LogP contribution in [0.15, 0.2) is 96.7 Å². The normalized spacial score (nSPS) is 21.3. The van der Waals surface area contributed by atoms with Crippen LogP contribution >= 0.6 is 0 Å². The Morgan fingerprint density at radius 1 is 0.810 bits per heavy atom. The molecule has 3 aromatic rings. The summed E-state index contributed by atoms with van der Waals surface area (Å²) in [5.41, 5.74) is 2.59. The van der Waals surface area contributed by atoms with Gasteiger partial charge in [0.15, 0.2) is 0 Å². The zero-order chi connectivity index (χ0) is 29.9. The van der Waals surface area contributed by atoms with Gasteiger partial charge in [0.05, 0.1) is 11.3 Å². The van der Waals surface area contributed by atoms with Crippen LogP contribution in [0.2, 0.25) is 0 Å². The zero-order valence-corrected chi connectivity index (χ0v) is 23.5. The summed E-state index contributed by atoms with van der Waals surface area (Å²) in [5.74, 6) is -2.27. The predicted molar refractivity (Wildman–Crippen MR) is 157 cm³/mol. The quantitative estimate of drug-likeness (QED) is 0.326. The van der Waals surface area contributed by atoms with Crippen LogP contribution in [0.1, 0.15) is 52.8 Å². The second-order valence-electron chi connectivity index (χ2n) is 9.92. The van der Waals surface area contributed by atoms with E-state index in [4.69, 9.17) is 9.47 Å². The third kappa shape index (κ3) is 8.00. The van der Waals surface area contributed by atoms with Crippen LogP contribution in [0, 0.1) is 5.92 Å². The van der Waals surface area contributed by atoms with Crippen molar-refractivity contribution in [1.82, 2.24) is 15.6 Å². The minimum absolute atomic E-state index is 0.0770. The van der Waals surface area contributed by atoms with Crippen LogP contribution in [0.4, 0.5) is 0 Å². The van der Waals surface area contributed by atoms with Gasteiger partial charge >= 0.3 is 11.9 Å². The number of aromatic nitrogens is 1. The van der Waals surface area contributed by atoms with Crippen molar-refractivity contribution in [3.63, 3.8) is 0 Å². The molecule has 9 heteroatoms. The Morgan fingerprint density at radius 3 is 2.19 bits per heavy atom. The molecule has 2 amide bonds. The average molecular weight is 568 g/mol. The monoisotopic (exact) mass is 567 g/mol. The summed E-state index contributed by atoms with van der Waals surface area (Å²) in [4.78, 5) is 56.5. The molecule has 216 valence electrons. The molecule has 9 nitrogen and oxygen atoms in total. The van der Waals surface area contributed by atoms with Crippen LogP contribution in [-0.4, -0.2) is 48.4 Å². The Balaban J connectivity index is 1.70. The van der Waals surface area contributed by atoms with E-state index >= 15 is 0 Å². The SMILES string of the molecule is C/C1=C\C(C)C/C=C/CNC(=O)c2ccccc2-c2ccccc2C(=O)OC(c2ccccn2)C(=O)NCC(=O)OC1. The third-order valence-corrected chi connectivity index (χ3v) is 6.52. The molecule has 4 rings (SSSR count). The second kappa shape index (κ2) is 14.5. The minimum atomic E-state index is -1.44. The van der Waals surface area contributed by atoms with E-state index < -0.39 is 30.5 Å². The number of hydrogen-bond acceptors (Lipinski definition) is 7. The Kier molecular flexibility index (Phi) is 10.4. The summed E-state index contributed by atoms with van der Waals surface area (Å²) in [7, 11) is 0. The molecule has 0 saturated heterocycles. The first-order chi connectivity index (χ1) is 20.3. The van der Waals surface area contributed by atoms with E-state index in [-0.39, 0.29) is 29.7 Å². The van der Waals surface area contributed by atoms with E-state index in [1.807, 2.05) is 32.1 Å². The van der Waals surface area contributed by atoms with Gasteiger partial charge in [0.2, 0.25) is 6.10 Å². The van der Waals surface area contributed by atoms with Crippen molar-refractivity contribution < 1.29 is 28.7 Å². The Morgan fingerprint density at radius 2 is 1.48 bits per heavy atom. The van der Waals surface area contributed by atoms with Crippen molar-refractivity contribution in [1.29, 1.82) is 0 Å². The molecule has 2 heterocycles. The van der Waals surface area contributed by atoms with E-state index in [0.717, 1.165) is 12.0 Å². The molecule has 42 heavy (non-hydrogen) atoms. The van der Waals surface area contributed by atoms with Gasteiger partial charge in [-0.15, -0.1) is 0 Å². The highest BCUT2D eigenvalue weighted by Gasteiger charge is 2.29. The number of cyclic esters (lactones) is 2. The molecule has 2 aromatic carbocycles. The molecule has 2 unspecified atom stereocenters. The Bertz CT molecular complexity index is 1500. The number of hydrogen-bond donors (Lipinski definition) is 2. The molecular formula is C33H33N3O6. The topological polar surface area (TPSA) is 124 Å². The second-order valence-corrected chi connectivity index (χ2v) is 9.92. The minimum Gasteiger partial charge on any atom is -0.460 e. The molecular weight excluding hydrogens is 534 g/mol. The molecule has 0 aliphatic carbocycles. The number of carbonyl (C=O) groups is 4. The number of ether oxygens (including phenoxy) is 2. The number of benzene rings is 2. The fourth-order valence-electron chi connectivity index (χ4n) is 4.50. The number of nitrogens with one attached hydrogen (secondary N) is 2. The number of esters is 2. The maximum absolute atomic E-state index is 13.6. The third-order valence-electron chi connectivity index (χ3n) is 6.52. The van der Waals surface area contributed by atoms with Crippen LogP contribution in [0.3, 0.4) is 0 Å². The van der Waals surface area contributed by atoms with Crippen molar-refractivity contribution in [3.8, 4) is 11.1 Å². The van der Waals surface area contributed by atoms with E-state index in [9.17, 15) is 19.2 Å². The maximum Gasteiger partial charge on any atom is 0.339 e. The summed E-state index contributed by atoms with van der Waals surface area (Å²) < 4.78 is 11.0. The highest BCUT2D eigenvalue weighted by Crippen LogP contribution is 2.29. The van der Waals surface area contributed by atoms with Crippen LogP contribution in [0.25, 0.3) is 11.1 Å². The molecule has 1 aliphatic rings. The first-order valence-corrected chi connectivity index (χ1v) is 13.7. The van der Waals surface area contributed by atoms with Gasteiger partial charge in [0.1, 0.15) is 13.2 Å². The smallest absolute Gasteiger partial charge is 0.339 e. The van der Waals surface area contributed by atoms with Gasteiger partial charge in [-0.3, -0.25) is 19.4 Å². The lowest BCUT2D eigenvalue weighted by Crippen LogP contribution is -2.36. The van der Waals surface area contributed by atoms with Crippen LogP contribution < -0.4 is 10.6 Å². The number of fused-ring (bicyclic) bond motifs is 3. The van der Waals surface area contributed by atoms with E-state index in [2.05, 4.69) is 15.6 Å². The van der Waals surface area contributed by atoms with Crippen LogP contribution in [-0.2, 0) is 19.1 Å². The van der Waals surface area contributed by atoms with Crippen molar-refractivity contribution >= 4 is 23.8 Å². The Labute approximate surface area is 244 Å². The number of allylic oxidation sites excluding steroid dienone is 2. The lowest BCUT2D eigenvalue weighted by molar-refractivity contribution is -0.144. The maximum atomic E-state index is 13.6. The van der Waals surface area contributed by atoms with Crippen molar-refractivity contribution in [2.24, 2.45) is 5.92 Å². The molecule has 0 spiro atoms. The average Bonchev–Trinajstić information content (AvgIpc) is 3.01. The molecule has 0 saturated carbocycles. The number of amides is 2. The van der Waals surface area contributed by atoms with Gasteiger partial charge in [-0.25, -0.2) is 4.79 Å². The van der Waals surface area contributed by atoms with Gasteiger partial charge in [-0.1, -0.05) is 67.6 Å². The van der Waals surface area contributed by atoms with Gasteiger partial charge in [0.25, 0.3) is 11.8 Å².